The van der Waals surface area contributed by atoms with Crippen LogP contribution in [0.2, 0.25) is 0 Å². The quantitative estimate of drug-likeness (QED) is 0.333. The number of ether oxygens (including phenoxy) is 1. The topological polar surface area (TPSA) is 53.0 Å². The third kappa shape index (κ3) is 7.30. The fraction of sp³-hybridized carbons (Fsp3) is 0.344. The molecule has 2 unspecified atom stereocenters. The van der Waals surface area contributed by atoms with Gasteiger partial charge in [-0.2, -0.15) is 0 Å². The Balaban J connectivity index is 1.71. The van der Waals surface area contributed by atoms with E-state index < -0.39 is 23.8 Å². The lowest BCUT2D eigenvalue weighted by Gasteiger charge is -2.37. The second-order valence-electron chi connectivity index (χ2n) is 10.7. The Bertz CT molecular complexity index is 1170. The van der Waals surface area contributed by atoms with Gasteiger partial charge in [-0.1, -0.05) is 91.0 Å². The van der Waals surface area contributed by atoms with Gasteiger partial charge in [-0.15, -0.1) is 0 Å². The number of hydrogen-bond donors (Lipinski definition) is 1. The van der Waals surface area contributed by atoms with Gasteiger partial charge >= 0.3 is 6.09 Å². The van der Waals surface area contributed by atoms with E-state index in [1.54, 1.807) is 20.8 Å². The average molecular weight is 517 g/mol. The summed E-state index contributed by atoms with van der Waals surface area (Å²) in [7, 11) is 0. The molecule has 1 amide bonds. The fourth-order valence-electron chi connectivity index (χ4n) is 4.81. The normalized spacial score (nSPS) is 15.6. The van der Waals surface area contributed by atoms with Crippen molar-refractivity contribution in [2.45, 2.75) is 64.4 Å². The Hall–Kier alpha value is -3.48. The Morgan fingerprint density at radius 2 is 1.42 bits per heavy atom. The molecule has 0 radical (unpaired) electrons. The Morgan fingerprint density at radius 1 is 0.921 bits per heavy atom. The molecule has 3 aromatic rings. The third-order valence-corrected chi connectivity index (χ3v) is 6.64. The maximum Gasteiger partial charge on any atom is 0.414 e. The molecule has 0 saturated carbocycles. The van der Waals surface area contributed by atoms with Crippen molar-refractivity contribution in [2.75, 3.05) is 6.54 Å². The monoisotopic (exact) mass is 516 g/mol. The average Bonchev–Trinajstić information content (AvgIpc) is 3.27. The van der Waals surface area contributed by atoms with Gasteiger partial charge in [0.25, 0.3) is 0 Å². The molecule has 0 aromatic heterocycles. The highest BCUT2D eigenvalue weighted by molar-refractivity contribution is 5.71. The van der Waals surface area contributed by atoms with Gasteiger partial charge in [0, 0.05) is 38.5 Å². The van der Waals surface area contributed by atoms with E-state index in [-0.39, 0.29) is 30.9 Å². The van der Waals surface area contributed by atoms with E-state index in [0.717, 1.165) is 16.7 Å². The molecule has 0 saturated heterocycles. The van der Waals surface area contributed by atoms with Crippen LogP contribution in [0, 0.1) is 0 Å². The first kappa shape index (κ1) is 27.6. The van der Waals surface area contributed by atoms with E-state index in [2.05, 4.69) is 4.90 Å². The molecule has 2 atom stereocenters. The van der Waals surface area contributed by atoms with Crippen LogP contribution in [-0.2, 0) is 17.8 Å². The molecule has 38 heavy (non-hydrogen) atoms. The number of nitrogens with zero attached hydrogens (tertiary/aromatic N) is 2. The zero-order valence-electron chi connectivity index (χ0n) is 22.4. The van der Waals surface area contributed by atoms with Gasteiger partial charge in [0.1, 0.15) is 11.4 Å². The van der Waals surface area contributed by atoms with Crippen LogP contribution in [0.5, 0.6) is 0 Å². The maximum atomic E-state index is 15.3. The molecule has 0 aliphatic carbocycles. The zero-order chi connectivity index (χ0) is 27.1. The smallest absolute Gasteiger partial charge is 0.414 e. The molecule has 1 heterocycles. The van der Waals surface area contributed by atoms with Crippen LogP contribution in [0.15, 0.2) is 103 Å². The van der Waals surface area contributed by atoms with Crippen LogP contribution in [0.3, 0.4) is 0 Å². The number of carbonyl (C=O) groups excluding carboxylic acids is 1. The van der Waals surface area contributed by atoms with Crippen molar-refractivity contribution in [1.29, 1.82) is 0 Å². The first-order valence-corrected chi connectivity index (χ1v) is 13.1. The second kappa shape index (κ2) is 12.4. The standard InChI is InChI=1S/C32H37FN2O3/c1-32(2,3)38-31(37)35-20-19-27(33)28(35)21-29(30(36)26-17-11-6-12-18-26)34(22-24-13-7-4-8-14-24)23-25-15-9-5-10-16-25/h4-18,29-30,36H,19-23H2,1-3H3. The summed E-state index contributed by atoms with van der Waals surface area (Å²) in [5.41, 5.74) is 2.49. The highest BCUT2D eigenvalue weighted by atomic mass is 19.1. The van der Waals surface area contributed by atoms with Crippen molar-refractivity contribution in [3.63, 3.8) is 0 Å². The van der Waals surface area contributed by atoms with Crippen LogP contribution in [0.1, 0.15) is 56.4 Å². The van der Waals surface area contributed by atoms with Gasteiger partial charge in [0.05, 0.1) is 11.8 Å². The van der Waals surface area contributed by atoms with Gasteiger partial charge < -0.3 is 9.84 Å². The van der Waals surface area contributed by atoms with E-state index in [4.69, 9.17) is 4.74 Å². The maximum absolute atomic E-state index is 15.3. The van der Waals surface area contributed by atoms with E-state index >= 15 is 4.39 Å². The minimum absolute atomic E-state index is 0.139. The van der Waals surface area contributed by atoms with Crippen molar-refractivity contribution in [2.24, 2.45) is 0 Å². The Kier molecular flexibility index (Phi) is 8.97. The van der Waals surface area contributed by atoms with Crippen molar-refractivity contribution < 1.29 is 19.0 Å². The molecule has 1 aliphatic rings. The van der Waals surface area contributed by atoms with Crippen LogP contribution in [-0.4, -0.2) is 39.2 Å². The lowest BCUT2D eigenvalue weighted by Crippen LogP contribution is -2.42. The molecule has 0 bridgehead atoms. The third-order valence-electron chi connectivity index (χ3n) is 6.64. The number of benzene rings is 3. The summed E-state index contributed by atoms with van der Waals surface area (Å²) in [5.74, 6) is -0.333. The van der Waals surface area contributed by atoms with Gasteiger partial charge in [-0.25, -0.2) is 9.18 Å². The molecule has 0 fully saturated rings. The largest absolute Gasteiger partial charge is 0.443 e. The fourth-order valence-corrected chi connectivity index (χ4v) is 4.81. The lowest BCUT2D eigenvalue weighted by molar-refractivity contribution is 0.0221. The highest BCUT2D eigenvalue weighted by Gasteiger charge is 2.36. The molecule has 4 rings (SSSR count). The number of aliphatic hydroxyl groups excluding tert-OH is 1. The molecule has 0 spiro atoms. The predicted molar refractivity (Wildman–Crippen MR) is 148 cm³/mol. The minimum Gasteiger partial charge on any atom is -0.443 e. The molecule has 200 valence electrons. The molecular weight excluding hydrogens is 479 g/mol. The SMILES string of the molecule is CC(C)(C)OC(=O)N1CCC(F)=C1CC(C(O)c1ccccc1)N(Cc1ccccc1)Cc1ccccc1. The molecule has 5 nitrogen and oxygen atoms in total. The van der Waals surface area contributed by atoms with Crippen LogP contribution >= 0.6 is 0 Å². The van der Waals surface area contributed by atoms with Crippen LogP contribution < -0.4 is 0 Å². The second-order valence-corrected chi connectivity index (χ2v) is 10.7. The first-order chi connectivity index (χ1) is 18.2. The molecule has 6 heteroatoms. The van der Waals surface area contributed by atoms with Crippen molar-refractivity contribution >= 4 is 6.09 Å². The first-order valence-electron chi connectivity index (χ1n) is 13.1. The van der Waals surface area contributed by atoms with Crippen LogP contribution in [0.25, 0.3) is 0 Å². The number of amides is 1. The van der Waals surface area contributed by atoms with Gasteiger partial charge in [0.2, 0.25) is 0 Å². The molecule has 3 aromatic carbocycles. The number of halogens is 1. The molecule has 1 N–H and O–H groups in total. The minimum atomic E-state index is -0.912. The van der Waals surface area contributed by atoms with Crippen LogP contribution in [0.4, 0.5) is 9.18 Å². The highest BCUT2D eigenvalue weighted by Crippen LogP contribution is 2.35. The van der Waals surface area contributed by atoms with E-state index in [9.17, 15) is 9.90 Å². The van der Waals surface area contributed by atoms with Crippen molar-refractivity contribution in [1.82, 2.24) is 9.80 Å². The van der Waals surface area contributed by atoms with E-state index in [1.165, 1.54) is 4.90 Å². The summed E-state index contributed by atoms with van der Waals surface area (Å²) in [6, 6.07) is 29.0. The summed E-state index contributed by atoms with van der Waals surface area (Å²) >= 11 is 0. The van der Waals surface area contributed by atoms with Crippen molar-refractivity contribution in [3.05, 3.63) is 119 Å². The zero-order valence-corrected chi connectivity index (χ0v) is 22.4. The Labute approximate surface area is 225 Å². The van der Waals surface area contributed by atoms with Gasteiger partial charge in [-0.05, 0) is 37.5 Å². The lowest BCUT2D eigenvalue weighted by atomic mass is 9.95. The van der Waals surface area contributed by atoms with E-state index in [1.807, 2.05) is 91.0 Å². The van der Waals surface area contributed by atoms with Gasteiger partial charge in [-0.3, -0.25) is 9.80 Å². The molecule has 1 aliphatic heterocycles. The van der Waals surface area contributed by atoms with Gasteiger partial charge in [0.15, 0.2) is 0 Å². The summed E-state index contributed by atoms with van der Waals surface area (Å²) in [5, 5.41) is 11.7. The number of rotatable bonds is 9. The number of carbonyl (C=O) groups is 1. The Morgan fingerprint density at radius 3 is 1.92 bits per heavy atom. The summed E-state index contributed by atoms with van der Waals surface area (Å²) in [6.07, 6.45) is -1.18. The summed E-state index contributed by atoms with van der Waals surface area (Å²) in [6.45, 7) is 6.71. The van der Waals surface area contributed by atoms with Crippen molar-refractivity contribution in [3.8, 4) is 0 Å². The van der Waals surface area contributed by atoms with E-state index in [0.29, 0.717) is 13.1 Å². The number of hydrogen-bond acceptors (Lipinski definition) is 4. The molecular formula is C32H37FN2O3. The summed E-state index contributed by atoms with van der Waals surface area (Å²) in [4.78, 5) is 16.6. The summed E-state index contributed by atoms with van der Waals surface area (Å²) < 4.78 is 20.9. The predicted octanol–water partition coefficient (Wildman–Crippen LogP) is 7.00. The number of aliphatic hydroxyl groups is 1.